The van der Waals surface area contributed by atoms with Crippen LogP contribution in [0.3, 0.4) is 0 Å². The first-order chi connectivity index (χ1) is 6.83. The van der Waals surface area contributed by atoms with Crippen molar-refractivity contribution in [3.05, 3.63) is 0 Å². The molecular formula is C13H30N2. The molecule has 92 valence electrons. The Morgan fingerprint density at radius 1 is 1.27 bits per heavy atom. The predicted octanol–water partition coefficient (Wildman–Crippen LogP) is 2.60. The first-order valence-electron chi connectivity index (χ1n) is 6.19. The first kappa shape index (κ1) is 14.9. The van der Waals surface area contributed by atoms with Crippen LogP contribution in [0, 0.1) is 11.3 Å². The lowest BCUT2D eigenvalue weighted by Crippen LogP contribution is -2.45. The van der Waals surface area contributed by atoms with E-state index < -0.39 is 0 Å². The van der Waals surface area contributed by atoms with Crippen LogP contribution in [0.5, 0.6) is 0 Å². The van der Waals surface area contributed by atoms with E-state index in [-0.39, 0.29) is 0 Å². The molecule has 0 aliphatic carbocycles. The van der Waals surface area contributed by atoms with E-state index in [2.05, 4.69) is 51.9 Å². The molecule has 0 heterocycles. The normalized spacial score (nSPS) is 16.8. The van der Waals surface area contributed by atoms with Crippen molar-refractivity contribution in [2.45, 2.75) is 47.1 Å². The smallest absolute Gasteiger partial charge is 0.00991 e. The second-order valence-electron chi connectivity index (χ2n) is 5.71. The molecule has 0 rings (SSSR count). The fourth-order valence-corrected chi connectivity index (χ4v) is 1.95. The van der Waals surface area contributed by atoms with Crippen LogP contribution in [0.15, 0.2) is 0 Å². The molecule has 0 aromatic carbocycles. The molecule has 0 saturated heterocycles. The standard InChI is InChI=1S/C13H30N2/c1-8-11(2)9-15(7)10-13(4,5)12(3)14-6/h11-12,14H,8-10H2,1-7H3. The van der Waals surface area contributed by atoms with Crippen LogP contribution in [0.1, 0.15) is 41.0 Å². The van der Waals surface area contributed by atoms with Gasteiger partial charge in [-0.05, 0) is 32.4 Å². The monoisotopic (exact) mass is 214 g/mol. The summed E-state index contributed by atoms with van der Waals surface area (Å²) in [6.45, 7) is 13.9. The largest absolute Gasteiger partial charge is 0.317 e. The Labute approximate surface area is 96.4 Å². The highest BCUT2D eigenvalue weighted by atomic mass is 15.1. The van der Waals surface area contributed by atoms with Gasteiger partial charge >= 0.3 is 0 Å². The van der Waals surface area contributed by atoms with Gasteiger partial charge in [0.2, 0.25) is 0 Å². The maximum atomic E-state index is 3.35. The van der Waals surface area contributed by atoms with Gasteiger partial charge in [-0.25, -0.2) is 0 Å². The third kappa shape index (κ3) is 5.53. The van der Waals surface area contributed by atoms with Crippen molar-refractivity contribution in [2.24, 2.45) is 11.3 Å². The van der Waals surface area contributed by atoms with Gasteiger partial charge in [-0.1, -0.05) is 34.1 Å². The predicted molar refractivity (Wildman–Crippen MR) is 69.3 cm³/mol. The van der Waals surface area contributed by atoms with E-state index in [0.717, 1.165) is 12.5 Å². The third-order valence-electron chi connectivity index (χ3n) is 3.60. The molecule has 2 heteroatoms. The molecule has 0 aliphatic rings. The van der Waals surface area contributed by atoms with E-state index in [1.807, 2.05) is 7.05 Å². The molecule has 0 saturated carbocycles. The lowest BCUT2D eigenvalue weighted by molar-refractivity contribution is 0.155. The SMILES string of the molecule is CCC(C)CN(C)CC(C)(C)C(C)NC. The second kappa shape index (κ2) is 6.49. The maximum absolute atomic E-state index is 3.35. The fourth-order valence-electron chi connectivity index (χ4n) is 1.95. The Morgan fingerprint density at radius 2 is 1.80 bits per heavy atom. The van der Waals surface area contributed by atoms with Gasteiger partial charge in [0.1, 0.15) is 0 Å². The van der Waals surface area contributed by atoms with Gasteiger partial charge in [-0.2, -0.15) is 0 Å². The number of nitrogens with zero attached hydrogens (tertiary/aromatic N) is 1. The Balaban J connectivity index is 4.09. The molecule has 2 unspecified atom stereocenters. The number of hydrogen-bond donors (Lipinski definition) is 1. The Kier molecular flexibility index (Phi) is 6.46. The quantitative estimate of drug-likeness (QED) is 0.701. The molecule has 2 atom stereocenters. The van der Waals surface area contributed by atoms with E-state index in [0.29, 0.717) is 11.5 Å². The number of nitrogens with one attached hydrogen (secondary N) is 1. The highest BCUT2D eigenvalue weighted by molar-refractivity contribution is 4.82. The zero-order valence-corrected chi connectivity index (χ0v) is 11.7. The molecule has 1 N–H and O–H groups in total. The van der Waals surface area contributed by atoms with Gasteiger partial charge in [-0.15, -0.1) is 0 Å². The Bertz CT molecular complexity index is 166. The van der Waals surface area contributed by atoms with E-state index >= 15 is 0 Å². The van der Waals surface area contributed by atoms with Gasteiger partial charge in [0.05, 0.1) is 0 Å². The topological polar surface area (TPSA) is 15.3 Å². The summed E-state index contributed by atoms with van der Waals surface area (Å²) in [5, 5.41) is 3.35. The molecule has 0 amide bonds. The summed E-state index contributed by atoms with van der Waals surface area (Å²) in [6.07, 6.45) is 1.27. The Hall–Kier alpha value is -0.0800. The van der Waals surface area contributed by atoms with Crippen molar-refractivity contribution < 1.29 is 0 Å². The van der Waals surface area contributed by atoms with Crippen LogP contribution < -0.4 is 5.32 Å². The van der Waals surface area contributed by atoms with E-state index in [1.165, 1.54) is 13.0 Å². The summed E-state index contributed by atoms with van der Waals surface area (Å²) in [4.78, 5) is 2.46. The molecule has 0 radical (unpaired) electrons. The zero-order valence-electron chi connectivity index (χ0n) is 11.7. The minimum atomic E-state index is 0.330. The molecular weight excluding hydrogens is 184 g/mol. The highest BCUT2D eigenvalue weighted by Gasteiger charge is 2.26. The van der Waals surface area contributed by atoms with E-state index in [9.17, 15) is 0 Å². The summed E-state index contributed by atoms with van der Waals surface area (Å²) in [7, 11) is 4.28. The van der Waals surface area contributed by atoms with Gasteiger partial charge in [-0.3, -0.25) is 0 Å². The lowest BCUT2D eigenvalue weighted by Gasteiger charge is -2.36. The maximum Gasteiger partial charge on any atom is 0.00991 e. The van der Waals surface area contributed by atoms with Crippen LogP contribution >= 0.6 is 0 Å². The summed E-state index contributed by atoms with van der Waals surface area (Å²) in [5.41, 5.74) is 0.330. The molecule has 0 aliphatic heterocycles. The lowest BCUT2D eigenvalue weighted by atomic mass is 9.85. The highest BCUT2D eigenvalue weighted by Crippen LogP contribution is 2.21. The number of hydrogen-bond acceptors (Lipinski definition) is 2. The van der Waals surface area contributed by atoms with Gasteiger partial charge < -0.3 is 10.2 Å². The molecule has 15 heavy (non-hydrogen) atoms. The molecule has 2 nitrogen and oxygen atoms in total. The van der Waals surface area contributed by atoms with Crippen molar-refractivity contribution in [1.82, 2.24) is 10.2 Å². The summed E-state index contributed by atoms with van der Waals surface area (Å²) in [5.74, 6) is 0.802. The summed E-state index contributed by atoms with van der Waals surface area (Å²) >= 11 is 0. The van der Waals surface area contributed by atoms with Crippen LogP contribution in [0.4, 0.5) is 0 Å². The van der Waals surface area contributed by atoms with Crippen LogP contribution in [-0.2, 0) is 0 Å². The second-order valence-corrected chi connectivity index (χ2v) is 5.71. The van der Waals surface area contributed by atoms with Crippen molar-refractivity contribution in [3.63, 3.8) is 0 Å². The van der Waals surface area contributed by atoms with Gasteiger partial charge in [0.15, 0.2) is 0 Å². The number of rotatable bonds is 7. The average molecular weight is 214 g/mol. The molecule has 0 aromatic rings. The Morgan fingerprint density at radius 3 is 2.20 bits per heavy atom. The van der Waals surface area contributed by atoms with Crippen LogP contribution in [-0.4, -0.2) is 38.1 Å². The van der Waals surface area contributed by atoms with Crippen LogP contribution in [0.2, 0.25) is 0 Å². The van der Waals surface area contributed by atoms with Gasteiger partial charge in [0, 0.05) is 19.1 Å². The zero-order chi connectivity index (χ0) is 12.1. The van der Waals surface area contributed by atoms with Crippen molar-refractivity contribution in [2.75, 3.05) is 27.2 Å². The average Bonchev–Trinajstić information content (AvgIpc) is 2.15. The molecule has 0 fully saturated rings. The van der Waals surface area contributed by atoms with E-state index in [1.54, 1.807) is 0 Å². The molecule has 0 aromatic heterocycles. The van der Waals surface area contributed by atoms with Crippen molar-refractivity contribution in [1.29, 1.82) is 0 Å². The molecule has 0 bridgehead atoms. The summed E-state index contributed by atoms with van der Waals surface area (Å²) < 4.78 is 0. The van der Waals surface area contributed by atoms with E-state index in [4.69, 9.17) is 0 Å². The van der Waals surface area contributed by atoms with Gasteiger partial charge in [0.25, 0.3) is 0 Å². The van der Waals surface area contributed by atoms with Crippen molar-refractivity contribution in [3.8, 4) is 0 Å². The third-order valence-corrected chi connectivity index (χ3v) is 3.60. The fraction of sp³-hybridized carbons (Fsp3) is 1.00. The molecule has 0 spiro atoms. The summed E-state index contributed by atoms with van der Waals surface area (Å²) in [6, 6.07) is 0.553. The van der Waals surface area contributed by atoms with Crippen molar-refractivity contribution >= 4 is 0 Å². The van der Waals surface area contributed by atoms with Crippen LogP contribution in [0.25, 0.3) is 0 Å². The minimum absolute atomic E-state index is 0.330. The minimum Gasteiger partial charge on any atom is -0.317 e. The first-order valence-corrected chi connectivity index (χ1v) is 6.19.